The van der Waals surface area contributed by atoms with E-state index >= 15 is 0 Å². The molecule has 2 rings (SSSR count). The van der Waals surface area contributed by atoms with Crippen molar-refractivity contribution in [2.45, 2.75) is 57.9 Å². The third-order valence-electron chi connectivity index (χ3n) is 4.79. The molecule has 1 aliphatic heterocycles. The number of carbonyl (C=O) groups is 1. The van der Waals surface area contributed by atoms with Gasteiger partial charge >= 0.3 is 0 Å². The van der Waals surface area contributed by atoms with Gasteiger partial charge in [0.25, 0.3) is 0 Å². The Morgan fingerprint density at radius 3 is 2.48 bits per heavy atom. The summed E-state index contributed by atoms with van der Waals surface area (Å²) in [4.78, 5) is 11.7. The number of carbonyl (C=O) groups excluding carboxylic acids is 1. The second-order valence-corrected chi connectivity index (χ2v) is 7.10. The van der Waals surface area contributed by atoms with Gasteiger partial charge in [-0.05, 0) is 18.4 Å². The Balaban J connectivity index is 2.04. The minimum Gasteiger partial charge on any atom is -0.394 e. The summed E-state index contributed by atoms with van der Waals surface area (Å²) in [6.45, 7) is 5.52. The van der Waals surface area contributed by atoms with Crippen LogP contribution in [0.4, 0.5) is 0 Å². The van der Waals surface area contributed by atoms with Gasteiger partial charge in [0.05, 0.1) is 13.2 Å². The highest BCUT2D eigenvalue weighted by Crippen LogP contribution is 2.40. The van der Waals surface area contributed by atoms with E-state index < -0.39 is 37.3 Å². The van der Waals surface area contributed by atoms with Gasteiger partial charge in [0.1, 0.15) is 24.4 Å². The topological polar surface area (TPSA) is 116 Å². The molecule has 0 amide bonds. The fraction of sp³-hybridized carbons (Fsp3) is 0.812. The van der Waals surface area contributed by atoms with Crippen LogP contribution in [0.3, 0.4) is 0 Å². The van der Waals surface area contributed by atoms with E-state index in [1.807, 2.05) is 20.8 Å². The lowest BCUT2D eigenvalue weighted by Crippen LogP contribution is -2.59. The molecule has 0 aromatic rings. The van der Waals surface area contributed by atoms with Crippen LogP contribution >= 0.6 is 0 Å². The maximum absolute atomic E-state index is 11.7. The summed E-state index contributed by atoms with van der Waals surface area (Å²) in [6.07, 6.45) is -4.39. The molecular formula is C16H26O7. The molecule has 7 heteroatoms. The normalized spacial score (nSPS) is 40.8. The zero-order valence-corrected chi connectivity index (χ0v) is 13.7. The molecule has 1 aliphatic carbocycles. The minimum atomic E-state index is -1.46. The third kappa shape index (κ3) is 3.81. The number of aliphatic hydroxyl groups excluding tert-OH is 4. The third-order valence-corrected chi connectivity index (χ3v) is 4.79. The van der Waals surface area contributed by atoms with E-state index in [1.165, 1.54) is 0 Å². The van der Waals surface area contributed by atoms with E-state index in [1.54, 1.807) is 6.08 Å². The van der Waals surface area contributed by atoms with Gasteiger partial charge in [-0.1, -0.05) is 19.4 Å². The molecule has 1 fully saturated rings. The Morgan fingerprint density at radius 2 is 1.91 bits per heavy atom. The molecule has 0 saturated carbocycles. The van der Waals surface area contributed by atoms with Crippen molar-refractivity contribution >= 4 is 5.78 Å². The van der Waals surface area contributed by atoms with Crippen LogP contribution in [0.25, 0.3) is 0 Å². The van der Waals surface area contributed by atoms with E-state index in [4.69, 9.17) is 9.47 Å². The molecule has 7 nitrogen and oxygen atoms in total. The number of rotatable bonds is 4. The predicted molar refractivity (Wildman–Crippen MR) is 80.4 cm³/mol. The fourth-order valence-electron chi connectivity index (χ4n) is 3.35. The van der Waals surface area contributed by atoms with Crippen LogP contribution in [0, 0.1) is 11.3 Å². The molecule has 6 atom stereocenters. The van der Waals surface area contributed by atoms with Gasteiger partial charge in [-0.25, -0.2) is 0 Å². The molecule has 1 saturated heterocycles. The van der Waals surface area contributed by atoms with Gasteiger partial charge in [0.15, 0.2) is 12.1 Å². The van der Waals surface area contributed by atoms with Crippen LogP contribution < -0.4 is 0 Å². The number of aliphatic hydroxyl groups is 4. The highest BCUT2D eigenvalue weighted by Gasteiger charge is 2.45. The van der Waals surface area contributed by atoms with Crippen LogP contribution in [-0.4, -0.2) is 70.1 Å². The van der Waals surface area contributed by atoms with Gasteiger partial charge in [-0.3, -0.25) is 4.79 Å². The summed E-state index contributed by atoms with van der Waals surface area (Å²) >= 11 is 0. The molecule has 6 unspecified atom stereocenters. The molecule has 0 aromatic heterocycles. The number of ketones is 1. The largest absolute Gasteiger partial charge is 0.394 e. The summed E-state index contributed by atoms with van der Waals surface area (Å²) < 4.78 is 10.9. The van der Waals surface area contributed by atoms with Crippen molar-refractivity contribution in [3.8, 4) is 0 Å². The Hall–Kier alpha value is -0.830. The first-order chi connectivity index (χ1) is 10.7. The summed E-state index contributed by atoms with van der Waals surface area (Å²) in [7, 11) is 0. The Kier molecular flexibility index (Phi) is 5.60. The maximum atomic E-state index is 11.7. The Bertz CT molecular complexity index is 471. The quantitative estimate of drug-likeness (QED) is 0.542. The van der Waals surface area contributed by atoms with Crippen molar-refractivity contribution in [1.82, 2.24) is 0 Å². The highest BCUT2D eigenvalue weighted by molar-refractivity contribution is 5.91. The first kappa shape index (κ1) is 18.5. The standard InChI is InChI=1S/C16H26O7/c1-8-4-9(18)5-16(2,3)10(8)7-22-15-14(21)13(20)12(19)11(6-17)23-15/h4,10-15,17,19-21H,5-7H2,1-3H3. The van der Waals surface area contributed by atoms with Crippen molar-refractivity contribution in [2.75, 3.05) is 13.2 Å². The molecule has 0 aromatic carbocycles. The smallest absolute Gasteiger partial charge is 0.186 e. The number of allylic oxidation sites excluding steroid dienone is 1. The van der Waals surface area contributed by atoms with Crippen molar-refractivity contribution in [3.05, 3.63) is 11.6 Å². The van der Waals surface area contributed by atoms with Gasteiger partial charge < -0.3 is 29.9 Å². The van der Waals surface area contributed by atoms with E-state index in [-0.39, 0.29) is 23.7 Å². The Morgan fingerprint density at radius 1 is 1.26 bits per heavy atom. The molecule has 2 aliphatic rings. The fourth-order valence-corrected chi connectivity index (χ4v) is 3.35. The lowest BCUT2D eigenvalue weighted by atomic mass is 9.68. The number of hydrogen-bond donors (Lipinski definition) is 4. The van der Waals surface area contributed by atoms with Crippen LogP contribution in [-0.2, 0) is 14.3 Å². The van der Waals surface area contributed by atoms with Crippen LogP contribution in [0.5, 0.6) is 0 Å². The van der Waals surface area contributed by atoms with Crippen molar-refractivity contribution in [1.29, 1.82) is 0 Å². The van der Waals surface area contributed by atoms with Gasteiger partial charge in [-0.2, -0.15) is 0 Å². The molecule has 0 spiro atoms. The summed E-state index contributed by atoms with van der Waals surface area (Å²) in [5, 5.41) is 38.7. The first-order valence-corrected chi connectivity index (χ1v) is 7.80. The van der Waals surface area contributed by atoms with Crippen molar-refractivity contribution < 1.29 is 34.7 Å². The molecule has 132 valence electrons. The molecule has 0 bridgehead atoms. The van der Waals surface area contributed by atoms with E-state index in [0.717, 1.165) is 5.57 Å². The zero-order chi connectivity index (χ0) is 17.4. The second-order valence-electron chi connectivity index (χ2n) is 7.10. The highest BCUT2D eigenvalue weighted by atomic mass is 16.7. The van der Waals surface area contributed by atoms with Crippen molar-refractivity contribution in [2.24, 2.45) is 11.3 Å². The lowest BCUT2D eigenvalue weighted by Gasteiger charge is -2.42. The molecule has 23 heavy (non-hydrogen) atoms. The van der Waals surface area contributed by atoms with Gasteiger partial charge in [-0.15, -0.1) is 0 Å². The monoisotopic (exact) mass is 330 g/mol. The molecule has 4 N–H and O–H groups in total. The van der Waals surface area contributed by atoms with E-state index in [2.05, 4.69) is 0 Å². The number of ether oxygens (including phenoxy) is 2. The summed E-state index contributed by atoms with van der Waals surface area (Å²) in [5.41, 5.74) is 0.611. The van der Waals surface area contributed by atoms with Crippen LogP contribution in [0.15, 0.2) is 11.6 Å². The maximum Gasteiger partial charge on any atom is 0.186 e. The predicted octanol–water partition coefficient (Wildman–Crippen LogP) is -0.636. The Labute approximate surface area is 135 Å². The average Bonchev–Trinajstić information content (AvgIpc) is 2.45. The molecule has 0 radical (unpaired) electrons. The van der Waals surface area contributed by atoms with Gasteiger partial charge in [0, 0.05) is 12.3 Å². The first-order valence-electron chi connectivity index (χ1n) is 7.80. The zero-order valence-electron chi connectivity index (χ0n) is 13.7. The van der Waals surface area contributed by atoms with Crippen molar-refractivity contribution in [3.63, 3.8) is 0 Å². The van der Waals surface area contributed by atoms with Crippen LogP contribution in [0.1, 0.15) is 27.2 Å². The summed E-state index contributed by atoms with van der Waals surface area (Å²) in [5.74, 6) is 0.0455. The molecular weight excluding hydrogens is 304 g/mol. The lowest BCUT2D eigenvalue weighted by molar-refractivity contribution is -0.303. The minimum absolute atomic E-state index is 0.0347. The van der Waals surface area contributed by atoms with Crippen LogP contribution in [0.2, 0.25) is 0 Å². The SMILES string of the molecule is CC1=CC(=O)CC(C)(C)C1COC1OC(CO)C(O)C(O)C1O. The molecule has 1 heterocycles. The number of hydrogen-bond acceptors (Lipinski definition) is 7. The average molecular weight is 330 g/mol. The summed E-state index contributed by atoms with van der Waals surface area (Å²) in [6, 6.07) is 0. The van der Waals surface area contributed by atoms with E-state index in [9.17, 15) is 25.2 Å². The van der Waals surface area contributed by atoms with E-state index in [0.29, 0.717) is 6.42 Å². The van der Waals surface area contributed by atoms with Gasteiger partial charge in [0.2, 0.25) is 0 Å². The second kappa shape index (κ2) is 6.96.